The van der Waals surface area contributed by atoms with Crippen LogP contribution in [-0.2, 0) is 6.54 Å². The van der Waals surface area contributed by atoms with Gasteiger partial charge in [0, 0.05) is 39.4 Å². The largest absolute Gasteiger partial charge is 0.496 e. The number of nitrogens with one attached hydrogen (secondary N) is 1. The second kappa shape index (κ2) is 6.78. The third kappa shape index (κ3) is 3.86. The molecule has 0 atom stereocenters. The maximum atomic E-state index is 10.7. The van der Waals surface area contributed by atoms with Gasteiger partial charge in [-0.3, -0.25) is 10.1 Å². The Labute approximate surface area is 135 Å². The van der Waals surface area contributed by atoms with E-state index >= 15 is 0 Å². The molecule has 0 aliphatic heterocycles. The van der Waals surface area contributed by atoms with Crippen molar-refractivity contribution in [3.8, 4) is 5.75 Å². The van der Waals surface area contributed by atoms with Crippen LogP contribution in [-0.4, -0.2) is 12.0 Å². The Morgan fingerprint density at radius 1 is 1.33 bits per heavy atom. The minimum absolute atomic E-state index is 0.0350. The zero-order valence-corrected chi connectivity index (χ0v) is 13.4. The number of nitrogens with zero attached hydrogens (tertiary/aromatic N) is 1. The van der Waals surface area contributed by atoms with E-state index < -0.39 is 4.92 Å². The van der Waals surface area contributed by atoms with E-state index in [0.717, 1.165) is 17.0 Å². The number of non-ortho nitro benzene ring substituents is 1. The Morgan fingerprint density at radius 2 is 2.10 bits per heavy atom. The number of anilines is 1. The van der Waals surface area contributed by atoms with Crippen LogP contribution in [0.25, 0.3) is 0 Å². The molecule has 0 radical (unpaired) electrons. The number of benzene rings is 2. The third-order valence-electron chi connectivity index (χ3n) is 2.88. The van der Waals surface area contributed by atoms with Crippen molar-refractivity contribution >= 4 is 38.9 Å². The van der Waals surface area contributed by atoms with Crippen molar-refractivity contribution in [2.24, 2.45) is 0 Å². The molecule has 0 heterocycles. The Bertz CT molecular complexity index is 679. The molecule has 0 fully saturated rings. The molecule has 21 heavy (non-hydrogen) atoms. The van der Waals surface area contributed by atoms with Gasteiger partial charge in [0.25, 0.3) is 5.69 Å². The molecule has 0 aliphatic carbocycles. The summed E-state index contributed by atoms with van der Waals surface area (Å²) in [4.78, 5) is 10.3. The molecule has 2 aromatic rings. The van der Waals surface area contributed by atoms with E-state index in [2.05, 4.69) is 21.2 Å². The summed E-state index contributed by atoms with van der Waals surface area (Å²) in [5.41, 5.74) is 1.69. The Morgan fingerprint density at radius 3 is 2.71 bits per heavy atom. The van der Waals surface area contributed by atoms with E-state index in [9.17, 15) is 10.1 Å². The van der Waals surface area contributed by atoms with Gasteiger partial charge in [0.2, 0.25) is 0 Å². The molecular formula is C14H12BrClN2O3. The van der Waals surface area contributed by atoms with Crippen molar-refractivity contribution in [3.63, 3.8) is 0 Å². The third-order valence-corrected chi connectivity index (χ3v) is 3.77. The fraction of sp³-hybridized carbons (Fsp3) is 0.143. The summed E-state index contributed by atoms with van der Waals surface area (Å²) in [7, 11) is 1.59. The predicted octanol–water partition coefficient (Wildman–Crippen LogP) is 4.63. The molecule has 110 valence electrons. The molecular weight excluding hydrogens is 360 g/mol. The van der Waals surface area contributed by atoms with Crippen molar-refractivity contribution in [2.45, 2.75) is 6.54 Å². The SMILES string of the molecule is COc1ccc(Cl)cc1CNc1ccc([N+](=O)[O-])cc1Br. The lowest BCUT2D eigenvalue weighted by atomic mass is 10.2. The number of nitro benzene ring substituents is 1. The molecule has 7 heteroatoms. The van der Waals surface area contributed by atoms with Crippen LogP contribution in [0.3, 0.4) is 0 Å². The molecule has 0 aliphatic rings. The van der Waals surface area contributed by atoms with Crippen LogP contribution in [0.4, 0.5) is 11.4 Å². The summed E-state index contributed by atoms with van der Waals surface area (Å²) in [6.07, 6.45) is 0. The molecule has 0 aromatic heterocycles. The van der Waals surface area contributed by atoms with Gasteiger partial charge in [0.1, 0.15) is 5.75 Å². The highest BCUT2D eigenvalue weighted by atomic mass is 79.9. The van der Waals surface area contributed by atoms with Crippen LogP contribution in [0.15, 0.2) is 40.9 Å². The van der Waals surface area contributed by atoms with E-state index in [1.165, 1.54) is 12.1 Å². The first kappa shape index (κ1) is 15.6. The minimum Gasteiger partial charge on any atom is -0.496 e. The molecule has 0 amide bonds. The maximum Gasteiger partial charge on any atom is 0.270 e. The van der Waals surface area contributed by atoms with Crippen LogP contribution < -0.4 is 10.1 Å². The van der Waals surface area contributed by atoms with Gasteiger partial charge in [-0.25, -0.2) is 0 Å². The monoisotopic (exact) mass is 370 g/mol. The van der Waals surface area contributed by atoms with Gasteiger partial charge in [-0.2, -0.15) is 0 Å². The van der Waals surface area contributed by atoms with E-state index in [4.69, 9.17) is 16.3 Å². The number of rotatable bonds is 5. The first-order chi connectivity index (χ1) is 10.0. The van der Waals surface area contributed by atoms with Crippen molar-refractivity contribution in [2.75, 3.05) is 12.4 Å². The number of halogens is 2. The minimum atomic E-state index is -0.436. The summed E-state index contributed by atoms with van der Waals surface area (Å²) in [5, 5.41) is 14.5. The van der Waals surface area contributed by atoms with Crippen molar-refractivity contribution < 1.29 is 9.66 Å². The molecule has 0 saturated heterocycles. The highest BCUT2D eigenvalue weighted by Crippen LogP contribution is 2.29. The number of ether oxygens (including phenoxy) is 1. The van der Waals surface area contributed by atoms with Crippen LogP contribution in [0.5, 0.6) is 5.75 Å². The lowest BCUT2D eigenvalue weighted by molar-refractivity contribution is -0.384. The lowest BCUT2D eigenvalue weighted by Gasteiger charge is -2.12. The normalized spacial score (nSPS) is 10.2. The first-order valence-corrected chi connectivity index (χ1v) is 7.18. The molecule has 0 spiro atoms. The van der Waals surface area contributed by atoms with E-state index in [-0.39, 0.29) is 5.69 Å². The van der Waals surface area contributed by atoms with Crippen LogP contribution in [0.2, 0.25) is 5.02 Å². The van der Waals surface area contributed by atoms with Crippen molar-refractivity contribution in [3.05, 3.63) is 61.6 Å². The average molecular weight is 372 g/mol. The highest BCUT2D eigenvalue weighted by Gasteiger charge is 2.10. The summed E-state index contributed by atoms with van der Waals surface area (Å²) in [6, 6.07) is 9.92. The summed E-state index contributed by atoms with van der Waals surface area (Å²) < 4.78 is 5.89. The van der Waals surface area contributed by atoms with E-state index in [1.54, 1.807) is 25.3 Å². The second-order valence-corrected chi connectivity index (χ2v) is 5.52. The van der Waals surface area contributed by atoms with Gasteiger partial charge in [0.05, 0.1) is 12.0 Å². The van der Waals surface area contributed by atoms with Gasteiger partial charge in [-0.05, 0) is 40.2 Å². The van der Waals surface area contributed by atoms with Crippen LogP contribution in [0, 0.1) is 10.1 Å². The second-order valence-electron chi connectivity index (χ2n) is 4.23. The quantitative estimate of drug-likeness (QED) is 0.614. The smallest absolute Gasteiger partial charge is 0.270 e. The lowest BCUT2D eigenvalue weighted by Crippen LogP contribution is -2.02. The fourth-order valence-corrected chi connectivity index (χ4v) is 2.54. The molecule has 0 unspecified atom stereocenters. The molecule has 5 nitrogen and oxygen atoms in total. The Hall–Kier alpha value is -1.79. The van der Waals surface area contributed by atoms with Gasteiger partial charge in [0.15, 0.2) is 0 Å². The zero-order chi connectivity index (χ0) is 15.4. The Kier molecular flexibility index (Phi) is 5.03. The topological polar surface area (TPSA) is 64.4 Å². The van der Waals surface area contributed by atoms with Crippen LogP contribution >= 0.6 is 27.5 Å². The zero-order valence-electron chi connectivity index (χ0n) is 11.1. The fourth-order valence-electron chi connectivity index (χ4n) is 1.84. The van der Waals surface area contributed by atoms with E-state index in [1.807, 2.05) is 6.07 Å². The average Bonchev–Trinajstić information content (AvgIpc) is 2.46. The number of hydrogen-bond donors (Lipinski definition) is 1. The molecule has 2 aromatic carbocycles. The van der Waals surface area contributed by atoms with Gasteiger partial charge >= 0.3 is 0 Å². The van der Waals surface area contributed by atoms with Crippen molar-refractivity contribution in [1.29, 1.82) is 0 Å². The molecule has 0 bridgehead atoms. The number of methoxy groups -OCH3 is 1. The standard InChI is InChI=1S/C14H12BrClN2O3/c1-21-14-5-2-10(16)6-9(14)8-17-13-4-3-11(18(19)20)7-12(13)15/h2-7,17H,8H2,1H3. The summed E-state index contributed by atoms with van der Waals surface area (Å²) in [6.45, 7) is 0.486. The van der Waals surface area contributed by atoms with E-state index in [0.29, 0.717) is 16.0 Å². The van der Waals surface area contributed by atoms with Gasteiger partial charge in [-0.1, -0.05) is 11.6 Å². The maximum absolute atomic E-state index is 10.7. The summed E-state index contributed by atoms with van der Waals surface area (Å²) >= 11 is 9.29. The molecule has 2 rings (SSSR count). The van der Waals surface area contributed by atoms with Gasteiger partial charge < -0.3 is 10.1 Å². The number of nitro groups is 1. The Balaban J connectivity index is 2.17. The van der Waals surface area contributed by atoms with Crippen LogP contribution in [0.1, 0.15) is 5.56 Å². The molecule has 1 N–H and O–H groups in total. The number of hydrogen-bond acceptors (Lipinski definition) is 4. The first-order valence-electron chi connectivity index (χ1n) is 6.01. The summed E-state index contributed by atoms with van der Waals surface area (Å²) in [5.74, 6) is 0.727. The van der Waals surface area contributed by atoms with Crippen molar-refractivity contribution in [1.82, 2.24) is 0 Å². The highest BCUT2D eigenvalue weighted by molar-refractivity contribution is 9.10. The predicted molar refractivity (Wildman–Crippen MR) is 86.1 cm³/mol. The van der Waals surface area contributed by atoms with Gasteiger partial charge in [-0.15, -0.1) is 0 Å². The molecule has 0 saturated carbocycles.